The van der Waals surface area contributed by atoms with E-state index in [0.717, 1.165) is 11.3 Å². The third-order valence-corrected chi connectivity index (χ3v) is 3.24. The minimum Gasteiger partial charge on any atom is -0.406 e. The molecule has 0 fully saturated rings. The van der Waals surface area contributed by atoms with E-state index < -0.39 is 6.36 Å². The number of hydrogen-bond acceptors (Lipinski definition) is 4. The number of aliphatic hydroxyl groups is 1. The van der Waals surface area contributed by atoms with E-state index in [2.05, 4.69) is 15.4 Å². The van der Waals surface area contributed by atoms with Gasteiger partial charge in [-0.05, 0) is 29.3 Å². The van der Waals surface area contributed by atoms with Gasteiger partial charge in [0.05, 0.1) is 6.61 Å². The Labute approximate surface area is 138 Å². The Hall–Kier alpha value is -2.25. The first-order valence-corrected chi connectivity index (χ1v) is 7.46. The van der Waals surface area contributed by atoms with Crippen molar-refractivity contribution in [1.29, 1.82) is 0 Å². The molecule has 0 aliphatic heterocycles. The van der Waals surface area contributed by atoms with Crippen molar-refractivity contribution in [1.82, 2.24) is 5.32 Å². The highest BCUT2D eigenvalue weighted by molar-refractivity contribution is 5.51. The van der Waals surface area contributed by atoms with E-state index in [1.165, 1.54) is 18.2 Å². The van der Waals surface area contributed by atoms with Crippen LogP contribution in [0.2, 0.25) is 0 Å². The fourth-order valence-corrected chi connectivity index (χ4v) is 2.20. The van der Waals surface area contributed by atoms with Crippen LogP contribution in [0, 0.1) is 0 Å². The molecule has 0 unspecified atom stereocenters. The molecule has 0 aromatic heterocycles. The van der Waals surface area contributed by atoms with Crippen LogP contribution in [0.5, 0.6) is 5.75 Å². The van der Waals surface area contributed by atoms with Gasteiger partial charge in [0.25, 0.3) is 0 Å². The van der Waals surface area contributed by atoms with Crippen LogP contribution in [0.4, 0.5) is 18.9 Å². The molecule has 130 valence electrons. The van der Waals surface area contributed by atoms with Crippen LogP contribution >= 0.6 is 0 Å². The highest BCUT2D eigenvalue weighted by Gasteiger charge is 2.31. The van der Waals surface area contributed by atoms with Gasteiger partial charge in [0.15, 0.2) is 0 Å². The van der Waals surface area contributed by atoms with Crippen molar-refractivity contribution in [3.05, 3.63) is 59.7 Å². The second kappa shape index (κ2) is 8.56. The maximum Gasteiger partial charge on any atom is 0.573 e. The Bertz CT molecular complexity index is 648. The summed E-state index contributed by atoms with van der Waals surface area (Å²) in [4.78, 5) is 0. The molecule has 3 N–H and O–H groups in total. The number of benzene rings is 2. The summed E-state index contributed by atoms with van der Waals surface area (Å²) in [6, 6.07) is 13.5. The normalized spacial score (nSPS) is 11.3. The van der Waals surface area contributed by atoms with Crippen LogP contribution in [0.15, 0.2) is 48.5 Å². The fourth-order valence-electron chi connectivity index (χ4n) is 2.20. The molecule has 0 saturated carbocycles. The molecule has 0 radical (unpaired) electrons. The number of rotatable bonds is 8. The number of ether oxygens (including phenoxy) is 1. The Morgan fingerprint density at radius 1 is 1.00 bits per heavy atom. The molecule has 7 heteroatoms. The van der Waals surface area contributed by atoms with Crippen molar-refractivity contribution in [3.63, 3.8) is 0 Å². The van der Waals surface area contributed by atoms with Gasteiger partial charge in [-0.2, -0.15) is 0 Å². The Kier molecular flexibility index (Phi) is 6.45. The zero-order valence-corrected chi connectivity index (χ0v) is 12.9. The van der Waals surface area contributed by atoms with Gasteiger partial charge in [0.1, 0.15) is 5.75 Å². The average Bonchev–Trinajstić information content (AvgIpc) is 2.53. The monoisotopic (exact) mass is 340 g/mol. The molecule has 2 rings (SSSR count). The first kappa shape index (κ1) is 18.1. The number of aliphatic hydroxyl groups excluding tert-OH is 1. The van der Waals surface area contributed by atoms with E-state index in [1.54, 1.807) is 6.07 Å². The minimum atomic E-state index is -4.70. The van der Waals surface area contributed by atoms with Crippen LogP contribution in [0.1, 0.15) is 11.1 Å². The van der Waals surface area contributed by atoms with Gasteiger partial charge in [-0.15, -0.1) is 13.2 Å². The van der Waals surface area contributed by atoms with Gasteiger partial charge in [-0.1, -0.05) is 30.3 Å². The lowest BCUT2D eigenvalue weighted by molar-refractivity contribution is -0.274. The largest absolute Gasteiger partial charge is 0.573 e. The van der Waals surface area contributed by atoms with E-state index in [0.29, 0.717) is 25.2 Å². The zero-order chi connectivity index (χ0) is 17.4. The molecule has 2 aromatic rings. The standard InChI is InChI=1S/C17H19F3N2O2/c18-17(19,20)24-15-6-3-4-13(10-15)11-22-16-7-2-1-5-14(16)12-21-8-9-23/h1-7,10,21-23H,8-9,11-12H2. The quantitative estimate of drug-likeness (QED) is 0.646. The van der Waals surface area contributed by atoms with Crippen molar-refractivity contribution in [2.75, 3.05) is 18.5 Å². The van der Waals surface area contributed by atoms with Crippen molar-refractivity contribution < 1.29 is 23.0 Å². The van der Waals surface area contributed by atoms with Crippen LogP contribution < -0.4 is 15.4 Å². The summed E-state index contributed by atoms with van der Waals surface area (Å²) in [5, 5.41) is 15.1. The smallest absolute Gasteiger partial charge is 0.406 e. The number of para-hydroxylation sites is 1. The lowest BCUT2D eigenvalue weighted by Gasteiger charge is -2.14. The molecule has 0 heterocycles. The summed E-state index contributed by atoms with van der Waals surface area (Å²) in [7, 11) is 0. The Morgan fingerprint density at radius 2 is 1.79 bits per heavy atom. The molecular formula is C17H19F3N2O2. The van der Waals surface area contributed by atoms with Crippen LogP contribution in [-0.2, 0) is 13.1 Å². The molecule has 4 nitrogen and oxygen atoms in total. The minimum absolute atomic E-state index is 0.0571. The van der Waals surface area contributed by atoms with Crippen molar-refractivity contribution in [2.24, 2.45) is 0 Å². The van der Waals surface area contributed by atoms with Gasteiger partial charge < -0.3 is 20.5 Å². The predicted molar refractivity (Wildman–Crippen MR) is 85.7 cm³/mol. The molecule has 0 aliphatic carbocycles. The van der Waals surface area contributed by atoms with Crippen molar-refractivity contribution >= 4 is 5.69 Å². The summed E-state index contributed by atoms with van der Waals surface area (Å²) in [6.45, 7) is 1.50. The van der Waals surface area contributed by atoms with Gasteiger partial charge in [-0.3, -0.25) is 0 Å². The maximum atomic E-state index is 12.3. The lowest BCUT2D eigenvalue weighted by atomic mass is 10.1. The van der Waals surface area contributed by atoms with E-state index in [9.17, 15) is 13.2 Å². The first-order chi connectivity index (χ1) is 11.5. The molecule has 0 aliphatic rings. The third-order valence-electron chi connectivity index (χ3n) is 3.24. The predicted octanol–water partition coefficient (Wildman–Crippen LogP) is 3.28. The molecular weight excluding hydrogens is 321 g/mol. The number of halogens is 3. The van der Waals surface area contributed by atoms with E-state index >= 15 is 0 Å². The lowest BCUT2D eigenvalue weighted by Crippen LogP contribution is -2.18. The average molecular weight is 340 g/mol. The Morgan fingerprint density at radius 3 is 2.54 bits per heavy atom. The Balaban J connectivity index is 1.99. The number of hydrogen-bond donors (Lipinski definition) is 3. The van der Waals surface area contributed by atoms with Gasteiger partial charge in [0, 0.05) is 25.3 Å². The molecule has 2 aromatic carbocycles. The van der Waals surface area contributed by atoms with E-state index in [1.807, 2.05) is 24.3 Å². The number of alkyl halides is 3. The summed E-state index contributed by atoms with van der Waals surface area (Å²) in [5.74, 6) is -0.236. The zero-order valence-electron chi connectivity index (χ0n) is 12.9. The highest BCUT2D eigenvalue weighted by atomic mass is 19.4. The SMILES string of the molecule is OCCNCc1ccccc1NCc1cccc(OC(F)(F)F)c1. The molecule has 0 spiro atoms. The van der Waals surface area contributed by atoms with E-state index in [-0.39, 0.29) is 12.4 Å². The second-order valence-electron chi connectivity index (χ2n) is 5.11. The maximum absolute atomic E-state index is 12.3. The van der Waals surface area contributed by atoms with Gasteiger partial charge in [0.2, 0.25) is 0 Å². The summed E-state index contributed by atoms with van der Waals surface area (Å²) in [6.07, 6.45) is -4.70. The van der Waals surface area contributed by atoms with Crippen molar-refractivity contribution in [2.45, 2.75) is 19.5 Å². The fraction of sp³-hybridized carbons (Fsp3) is 0.294. The summed E-state index contributed by atoms with van der Waals surface area (Å²) >= 11 is 0. The molecule has 0 atom stereocenters. The number of nitrogens with one attached hydrogen (secondary N) is 2. The van der Waals surface area contributed by atoms with Crippen molar-refractivity contribution in [3.8, 4) is 5.75 Å². The second-order valence-corrected chi connectivity index (χ2v) is 5.11. The van der Waals surface area contributed by atoms with Crippen LogP contribution in [-0.4, -0.2) is 24.6 Å². The summed E-state index contributed by atoms with van der Waals surface area (Å²) in [5.41, 5.74) is 2.56. The van der Waals surface area contributed by atoms with Crippen LogP contribution in [0.25, 0.3) is 0 Å². The van der Waals surface area contributed by atoms with Crippen LogP contribution in [0.3, 0.4) is 0 Å². The highest BCUT2D eigenvalue weighted by Crippen LogP contribution is 2.24. The molecule has 0 bridgehead atoms. The topological polar surface area (TPSA) is 53.5 Å². The number of anilines is 1. The summed E-state index contributed by atoms with van der Waals surface area (Å²) < 4.78 is 40.7. The van der Waals surface area contributed by atoms with E-state index in [4.69, 9.17) is 5.11 Å². The molecule has 0 amide bonds. The first-order valence-electron chi connectivity index (χ1n) is 7.46. The van der Waals surface area contributed by atoms with Gasteiger partial charge >= 0.3 is 6.36 Å². The molecule has 0 saturated heterocycles. The molecule has 24 heavy (non-hydrogen) atoms. The third kappa shape index (κ3) is 6.10. The van der Waals surface area contributed by atoms with Gasteiger partial charge in [-0.25, -0.2) is 0 Å².